The Kier molecular flexibility index (Phi) is 4.60. The van der Waals surface area contributed by atoms with Crippen molar-refractivity contribution in [2.75, 3.05) is 11.9 Å². The number of nitrogens with one attached hydrogen (secondary N) is 1. The second-order valence-corrected chi connectivity index (χ2v) is 6.90. The van der Waals surface area contributed by atoms with Crippen molar-refractivity contribution < 1.29 is 9.53 Å². The molecule has 4 rings (SSSR count). The zero-order valence-corrected chi connectivity index (χ0v) is 15.1. The molecule has 0 atom stereocenters. The normalized spacial score (nSPS) is 10.8. The van der Waals surface area contributed by atoms with Crippen LogP contribution in [0.4, 0.5) is 5.69 Å². The van der Waals surface area contributed by atoms with Gasteiger partial charge in [-0.25, -0.2) is 4.98 Å². The smallest absolute Gasteiger partial charge is 0.262 e. The van der Waals surface area contributed by atoms with Crippen LogP contribution >= 0.6 is 22.9 Å². The van der Waals surface area contributed by atoms with Crippen LogP contribution < -0.4 is 10.1 Å². The number of ether oxygens (including phenoxy) is 1. The van der Waals surface area contributed by atoms with E-state index in [4.69, 9.17) is 16.3 Å². The molecule has 4 aromatic rings. The summed E-state index contributed by atoms with van der Waals surface area (Å²) in [4.78, 5) is 17.6. The molecule has 0 spiro atoms. The van der Waals surface area contributed by atoms with E-state index in [0.29, 0.717) is 16.5 Å². The Labute approximate surface area is 158 Å². The summed E-state index contributed by atoms with van der Waals surface area (Å²) >= 11 is 7.48. The third-order valence-electron chi connectivity index (χ3n) is 3.70. The number of hydrogen-bond acceptors (Lipinski definition) is 4. The molecule has 7 heteroatoms. The van der Waals surface area contributed by atoms with Crippen LogP contribution in [0.3, 0.4) is 0 Å². The Morgan fingerprint density at radius 2 is 2.12 bits per heavy atom. The van der Waals surface area contributed by atoms with E-state index in [1.807, 2.05) is 46.4 Å². The molecular weight excluding hydrogens is 370 g/mol. The van der Waals surface area contributed by atoms with E-state index in [0.717, 1.165) is 16.2 Å². The van der Waals surface area contributed by atoms with E-state index >= 15 is 0 Å². The zero-order valence-electron chi connectivity index (χ0n) is 13.6. The Morgan fingerprint density at radius 3 is 2.96 bits per heavy atom. The molecule has 2 heterocycles. The predicted molar refractivity (Wildman–Crippen MR) is 104 cm³/mol. The first-order valence-electron chi connectivity index (χ1n) is 7.88. The summed E-state index contributed by atoms with van der Waals surface area (Å²) in [6.45, 7) is -0.0925. The number of fused-ring (bicyclic) bond motifs is 1. The number of hydrogen-bond donors (Lipinski definition) is 1. The highest BCUT2D eigenvalue weighted by atomic mass is 35.5. The molecule has 0 saturated carbocycles. The van der Waals surface area contributed by atoms with E-state index in [1.54, 1.807) is 35.6 Å². The van der Waals surface area contributed by atoms with Crippen LogP contribution in [0.25, 0.3) is 16.2 Å². The quantitative estimate of drug-likeness (QED) is 0.541. The molecule has 0 aliphatic heterocycles. The van der Waals surface area contributed by atoms with Gasteiger partial charge in [0.25, 0.3) is 5.91 Å². The number of benzene rings is 2. The Hall–Kier alpha value is -2.83. The lowest BCUT2D eigenvalue weighted by Gasteiger charge is -2.08. The molecule has 5 nitrogen and oxygen atoms in total. The number of carbonyl (C=O) groups is 1. The van der Waals surface area contributed by atoms with E-state index in [2.05, 4.69) is 10.3 Å². The van der Waals surface area contributed by atoms with Crippen LogP contribution in [-0.4, -0.2) is 21.9 Å². The molecule has 0 aliphatic carbocycles. The largest absolute Gasteiger partial charge is 0.484 e. The van der Waals surface area contributed by atoms with Gasteiger partial charge < -0.3 is 10.1 Å². The average Bonchev–Trinajstić information content (AvgIpc) is 3.22. The number of amides is 1. The molecule has 1 N–H and O–H groups in total. The molecule has 0 unspecified atom stereocenters. The molecule has 2 aromatic carbocycles. The van der Waals surface area contributed by atoms with Gasteiger partial charge in [-0.05, 0) is 30.3 Å². The molecule has 0 bridgehead atoms. The van der Waals surface area contributed by atoms with E-state index in [-0.39, 0.29) is 12.5 Å². The summed E-state index contributed by atoms with van der Waals surface area (Å²) in [7, 11) is 0. The van der Waals surface area contributed by atoms with Gasteiger partial charge in [-0.15, -0.1) is 11.3 Å². The SMILES string of the molecule is O=C(COc1cccc(Cl)c1)Nc1cccc(-c2cn3ccsc3n2)c1. The molecule has 0 fully saturated rings. The zero-order chi connectivity index (χ0) is 17.9. The minimum absolute atomic E-state index is 0.0925. The van der Waals surface area contributed by atoms with Gasteiger partial charge in [0.2, 0.25) is 0 Å². The van der Waals surface area contributed by atoms with Gasteiger partial charge in [-0.2, -0.15) is 0 Å². The molecule has 26 heavy (non-hydrogen) atoms. The first-order valence-corrected chi connectivity index (χ1v) is 9.14. The summed E-state index contributed by atoms with van der Waals surface area (Å²) in [6.07, 6.45) is 3.93. The highest BCUT2D eigenvalue weighted by molar-refractivity contribution is 7.15. The van der Waals surface area contributed by atoms with Crippen molar-refractivity contribution >= 4 is 39.5 Å². The van der Waals surface area contributed by atoms with Gasteiger partial charge in [0, 0.05) is 34.0 Å². The third-order valence-corrected chi connectivity index (χ3v) is 4.71. The maximum Gasteiger partial charge on any atom is 0.262 e. The molecule has 0 aliphatic rings. The van der Waals surface area contributed by atoms with Crippen LogP contribution in [0.2, 0.25) is 5.02 Å². The van der Waals surface area contributed by atoms with E-state index in [9.17, 15) is 4.79 Å². The van der Waals surface area contributed by atoms with Gasteiger partial charge in [0.05, 0.1) is 5.69 Å². The lowest BCUT2D eigenvalue weighted by molar-refractivity contribution is -0.118. The molecule has 0 radical (unpaired) electrons. The summed E-state index contributed by atoms with van der Waals surface area (Å²) in [5, 5.41) is 5.39. The topological polar surface area (TPSA) is 55.6 Å². The fourth-order valence-corrected chi connectivity index (χ4v) is 3.41. The summed E-state index contributed by atoms with van der Waals surface area (Å²) in [5.41, 5.74) is 2.50. The highest BCUT2D eigenvalue weighted by Crippen LogP contribution is 2.24. The lowest BCUT2D eigenvalue weighted by atomic mass is 10.1. The second kappa shape index (κ2) is 7.19. The van der Waals surface area contributed by atoms with Crippen LogP contribution in [-0.2, 0) is 4.79 Å². The number of halogens is 1. The molecular formula is C19H14ClN3O2S. The fraction of sp³-hybridized carbons (Fsp3) is 0.0526. The minimum Gasteiger partial charge on any atom is -0.484 e. The number of nitrogens with zero attached hydrogens (tertiary/aromatic N) is 2. The molecule has 2 aromatic heterocycles. The fourth-order valence-electron chi connectivity index (χ4n) is 2.53. The Balaban J connectivity index is 1.43. The maximum atomic E-state index is 12.1. The number of aromatic nitrogens is 2. The number of imidazole rings is 1. The van der Waals surface area contributed by atoms with Crippen LogP contribution in [0.15, 0.2) is 66.3 Å². The summed E-state index contributed by atoms with van der Waals surface area (Å²) < 4.78 is 7.43. The highest BCUT2D eigenvalue weighted by Gasteiger charge is 2.08. The van der Waals surface area contributed by atoms with E-state index < -0.39 is 0 Å². The first-order chi connectivity index (χ1) is 12.7. The van der Waals surface area contributed by atoms with Gasteiger partial charge in [-0.3, -0.25) is 9.20 Å². The summed E-state index contributed by atoms with van der Waals surface area (Å²) in [5.74, 6) is 0.312. The van der Waals surface area contributed by atoms with Gasteiger partial charge in [-0.1, -0.05) is 29.8 Å². The van der Waals surface area contributed by atoms with E-state index in [1.165, 1.54) is 0 Å². The number of carbonyl (C=O) groups excluding carboxylic acids is 1. The summed E-state index contributed by atoms with van der Waals surface area (Å²) in [6, 6.07) is 14.5. The van der Waals surface area contributed by atoms with Crippen molar-refractivity contribution in [2.45, 2.75) is 0 Å². The predicted octanol–water partition coefficient (Wildman–Crippen LogP) is 4.73. The van der Waals surface area contributed by atoms with Crippen molar-refractivity contribution in [3.63, 3.8) is 0 Å². The van der Waals surface area contributed by atoms with Gasteiger partial charge in [0.15, 0.2) is 11.6 Å². The van der Waals surface area contributed by atoms with Crippen molar-refractivity contribution in [3.8, 4) is 17.0 Å². The number of anilines is 1. The van der Waals surface area contributed by atoms with Crippen molar-refractivity contribution in [3.05, 3.63) is 71.3 Å². The average molecular weight is 384 g/mol. The van der Waals surface area contributed by atoms with Crippen LogP contribution in [0.1, 0.15) is 0 Å². The number of rotatable bonds is 5. The lowest BCUT2D eigenvalue weighted by Crippen LogP contribution is -2.20. The first kappa shape index (κ1) is 16.6. The molecule has 130 valence electrons. The van der Waals surface area contributed by atoms with Gasteiger partial charge in [0.1, 0.15) is 5.75 Å². The Bertz CT molecular complexity index is 1040. The Morgan fingerprint density at radius 1 is 1.23 bits per heavy atom. The molecule has 1 amide bonds. The van der Waals surface area contributed by atoms with Crippen molar-refractivity contribution in [1.82, 2.24) is 9.38 Å². The monoisotopic (exact) mass is 383 g/mol. The van der Waals surface area contributed by atoms with Crippen molar-refractivity contribution in [2.24, 2.45) is 0 Å². The second-order valence-electron chi connectivity index (χ2n) is 5.59. The van der Waals surface area contributed by atoms with Gasteiger partial charge >= 0.3 is 0 Å². The number of thiazole rings is 1. The maximum absolute atomic E-state index is 12.1. The molecule has 0 saturated heterocycles. The third kappa shape index (κ3) is 3.71. The standard InChI is InChI=1S/C19H14ClN3O2S/c20-14-4-2-6-16(10-14)25-12-18(24)21-15-5-1-3-13(9-15)17-11-23-7-8-26-19(23)22-17/h1-11H,12H2,(H,21,24). The van der Waals surface area contributed by atoms with Crippen molar-refractivity contribution in [1.29, 1.82) is 0 Å². The van der Waals surface area contributed by atoms with Crippen LogP contribution in [0, 0.1) is 0 Å². The minimum atomic E-state index is -0.243. The van der Waals surface area contributed by atoms with Crippen LogP contribution in [0.5, 0.6) is 5.75 Å².